The quantitative estimate of drug-likeness (QED) is 0.783. The Balaban J connectivity index is 1.78. The van der Waals surface area contributed by atoms with E-state index < -0.39 is 5.97 Å². The summed E-state index contributed by atoms with van der Waals surface area (Å²) in [5.74, 6) is -0.0668. The highest BCUT2D eigenvalue weighted by atomic mass is 16.4. The van der Waals surface area contributed by atoms with Crippen LogP contribution in [0.25, 0.3) is 11.0 Å². The lowest BCUT2D eigenvalue weighted by Gasteiger charge is -2.03. The molecule has 0 bridgehead atoms. The van der Waals surface area contributed by atoms with E-state index in [1.54, 1.807) is 6.07 Å². The van der Waals surface area contributed by atoms with Crippen LogP contribution >= 0.6 is 0 Å². The summed E-state index contributed by atoms with van der Waals surface area (Å²) in [7, 11) is 0. The zero-order chi connectivity index (χ0) is 13.2. The molecule has 1 fully saturated rings. The molecule has 1 heterocycles. The van der Waals surface area contributed by atoms with Gasteiger partial charge in [-0.05, 0) is 24.9 Å². The van der Waals surface area contributed by atoms with E-state index in [4.69, 9.17) is 4.42 Å². The molecule has 1 aromatic heterocycles. The molecular weight excluding hydrogens is 242 g/mol. The molecule has 2 aromatic rings. The largest absolute Gasteiger partial charge is 0.475 e. The number of benzene rings is 1. The summed E-state index contributed by atoms with van der Waals surface area (Å²) in [6, 6.07) is 7.46. The molecule has 0 saturated heterocycles. The highest BCUT2D eigenvalue weighted by molar-refractivity contribution is 5.95. The average molecular weight is 259 g/mol. The van der Waals surface area contributed by atoms with Gasteiger partial charge in [0.2, 0.25) is 5.76 Å². The standard InChI is InChI=1S/C15H17NO3/c17-15(18)14-12(9-16-8-7-10-5-6-10)11-3-1-2-4-13(11)19-14/h1-4,10,16H,5-9H2,(H,17,18). The molecular formula is C15H17NO3. The van der Waals surface area contributed by atoms with Crippen LogP contribution in [0, 0.1) is 5.92 Å². The van der Waals surface area contributed by atoms with Gasteiger partial charge in [0.05, 0.1) is 0 Å². The van der Waals surface area contributed by atoms with Crippen molar-refractivity contribution in [1.82, 2.24) is 5.32 Å². The third-order valence-corrected chi connectivity index (χ3v) is 3.62. The molecule has 1 saturated carbocycles. The van der Waals surface area contributed by atoms with Crippen molar-refractivity contribution in [3.8, 4) is 0 Å². The number of hydrogen-bond donors (Lipinski definition) is 2. The third kappa shape index (κ3) is 2.63. The van der Waals surface area contributed by atoms with Crippen molar-refractivity contribution < 1.29 is 14.3 Å². The molecule has 19 heavy (non-hydrogen) atoms. The number of para-hydroxylation sites is 1. The Labute approximate surface area is 111 Å². The Hall–Kier alpha value is -1.81. The molecule has 0 atom stereocenters. The van der Waals surface area contributed by atoms with Crippen molar-refractivity contribution in [3.63, 3.8) is 0 Å². The summed E-state index contributed by atoms with van der Waals surface area (Å²) in [5.41, 5.74) is 1.39. The van der Waals surface area contributed by atoms with Crippen LogP contribution in [0.5, 0.6) is 0 Å². The number of carboxylic acids is 1. The molecule has 0 aliphatic heterocycles. The predicted octanol–water partition coefficient (Wildman–Crippen LogP) is 3.02. The SMILES string of the molecule is O=C(O)c1oc2ccccc2c1CNCCC1CC1. The molecule has 2 N–H and O–H groups in total. The number of furan rings is 1. The number of nitrogens with one attached hydrogen (secondary N) is 1. The maximum absolute atomic E-state index is 11.2. The summed E-state index contributed by atoms with van der Waals surface area (Å²) >= 11 is 0. The van der Waals surface area contributed by atoms with E-state index in [1.807, 2.05) is 18.2 Å². The molecule has 1 aromatic carbocycles. The second-order valence-electron chi connectivity index (χ2n) is 5.12. The summed E-state index contributed by atoms with van der Waals surface area (Å²) < 4.78 is 5.41. The van der Waals surface area contributed by atoms with Crippen molar-refractivity contribution in [3.05, 3.63) is 35.6 Å². The minimum atomic E-state index is -1.00. The second-order valence-corrected chi connectivity index (χ2v) is 5.12. The van der Waals surface area contributed by atoms with Crippen molar-refractivity contribution >= 4 is 16.9 Å². The van der Waals surface area contributed by atoms with Crippen LogP contribution in [-0.4, -0.2) is 17.6 Å². The van der Waals surface area contributed by atoms with Gasteiger partial charge in [-0.25, -0.2) is 4.79 Å². The Morgan fingerprint density at radius 3 is 2.89 bits per heavy atom. The smallest absolute Gasteiger partial charge is 0.372 e. The van der Waals surface area contributed by atoms with E-state index in [0.717, 1.165) is 23.4 Å². The fourth-order valence-electron chi connectivity index (χ4n) is 2.37. The Kier molecular flexibility index (Phi) is 3.25. The van der Waals surface area contributed by atoms with E-state index in [9.17, 15) is 9.90 Å². The van der Waals surface area contributed by atoms with Gasteiger partial charge < -0.3 is 14.8 Å². The minimum Gasteiger partial charge on any atom is -0.475 e. The minimum absolute atomic E-state index is 0.0557. The lowest BCUT2D eigenvalue weighted by atomic mass is 10.1. The maximum atomic E-state index is 11.2. The molecule has 0 amide bonds. The van der Waals surface area contributed by atoms with Crippen LogP contribution in [0.3, 0.4) is 0 Å². The number of rotatable bonds is 6. The van der Waals surface area contributed by atoms with Crippen molar-refractivity contribution in [2.24, 2.45) is 5.92 Å². The van der Waals surface area contributed by atoms with E-state index in [0.29, 0.717) is 12.1 Å². The number of aromatic carboxylic acids is 1. The third-order valence-electron chi connectivity index (χ3n) is 3.62. The number of carboxylic acid groups (broad SMARTS) is 1. The Morgan fingerprint density at radius 1 is 1.37 bits per heavy atom. The van der Waals surface area contributed by atoms with Crippen LogP contribution in [0.2, 0.25) is 0 Å². The summed E-state index contributed by atoms with van der Waals surface area (Å²) in [4.78, 5) is 11.2. The molecule has 1 aliphatic rings. The maximum Gasteiger partial charge on any atom is 0.372 e. The van der Waals surface area contributed by atoms with Crippen LogP contribution in [0.1, 0.15) is 35.4 Å². The van der Waals surface area contributed by atoms with Gasteiger partial charge in [0.15, 0.2) is 0 Å². The van der Waals surface area contributed by atoms with E-state index in [1.165, 1.54) is 19.3 Å². The highest BCUT2D eigenvalue weighted by Crippen LogP contribution is 2.32. The van der Waals surface area contributed by atoms with Gasteiger partial charge in [-0.1, -0.05) is 31.0 Å². The first-order chi connectivity index (χ1) is 9.25. The van der Waals surface area contributed by atoms with Gasteiger partial charge in [-0.2, -0.15) is 0 Å². The van der Waals surface area contributed by atoms with Gasteiger partial charge >= 0.3 is 5.97 Å². The van der Waals surface area contributed by atoms with Crippen molar-refractivity contribution in [2.45, 2.75) is 25.8 Å². The topological polar surface area (TPSA) is 62.5 Å². The van der Waals surface area contributed by atoms with Crippen LogP contribution in [-0.2, 0) is 6.54 Å². The van der Waals surface area contributed by atoms with Gasteiger partial charge in [-0.3, -0.25) is 0 Å². The lowest BCUT2D eigenvalue weighted by molar-refractivity contribution is 0.0663. The predicted molar refractivity (Wildman–Crippen MR) is 72.2 cm³/mol. The molecule has 0 unspecified atom stereocenters. The Morgan fingerprint density at radius 2 is 2.16 bits per heavy atom. The zero-order valence-electron chi connectivity index (χ0n) is 10.7. The summed E-state index contributed by atoms with van der Waals surface area (Å²) in [5, 5.41) is 13.4. The zero-order valence-corrected chi connectivity index (χ0v) is 10.7. The molecule has 3 rings (SSSR count). The van der Waals surface area contributed by atoms with E-state index in [2.05, 4.69) is 5.32 Å². The first kappa shape index (κ1) is 12.2. The molecule has 4 heteroatoms. The lowest BCUT2D eigenvalue weighted by Crippen LogP contribution is -2.16. The first-order valence-electron chi connectivity index (χ1n) is 6.70. The van der Waals surface area contributed by atoms with Crippen LogP contribution in [0.15, 0.2) is 28.7 Å². The molecule has 0 radical (unpaired) electrons. The van der Waals surface area contributed by atoms with E-state index in [-0.39, 0.29) is 5.76 Å². The summed E-state index contributed by atoms with van der Waals surface area (Å²) in [6.45, 7) is 1.48. The highest BCUT2D eigenvalue weighted by Gasteiger charge is 2.21. The van der Waals surface area contributed by atoms with Crippen LogP contribution < -0.4 is 5.32 Å². The monoisotopic (exact) mass is 259 g/mol. The molecule has 1 aliphatic carbocycles. The van der Waals surface area contributed by atoms with Gasteiger partial charge in [0.1, 0.15) is 5.58 Å². The average Bonchev–Trinajstić information content (AvgIpc) is 3.15. The van der Waals surface area contributed by atoms with Gasteiger partial charge in [0.25, 0.3) is 0 Å². The number of carbonyl (C=O) groups is 1. The normalized spacial score (nSPS) is 14.9. The molecule has 100 valence electrons. The van der Waals surface area contributed by atoms with Crippen molar-refractivity contribution in [1.29, 1.82) is 0 Å². The van der Waals surface area contributed by atoms with Crippen LogP contribution in [0.4, 0.5) is 0 Å². The molecule has 4 nitrogen and oxygen atoms in total. The van der Waals surface area contributed by atoms with E-state index >= 15 is 0 Å². The van der Waals surface area contributed by atoms with Gasteiger partial charge in [0, 0.05) is 17.5 Å². The summed E-state index contributed by atoms with van der Waals surface area (Å²) in [6.07, 6.45) is 3.87. The Bertz CT molecular complexity index is 598. The number of hydrogen-bond acceptors (Lipinski definition) is 3. The second kappa shape index (κ2) is 5.05. The van der Waals surface area contributed by atoms with Gasteiger partial charge in [-0.15, -0.1) is 0 Å². The molecule has 0 spiro atoms. The first-order valence-corrected chi connectivity index (χ1v) is 6.70. The fourth-order valence-corrected chi connectivity index (χ4v) is 2.37. The van der Waals surface area contributed by atoms with Crippen molar-refractivity contribution in [2.75, 3.05) is 6.54 Å². The number of fused-ring (bicyclic) bond motifs is 1. The fraction of sp³-hybridized carbons (Fsp3) is 0.400.